The van der Waals surface area contributed by atoms with Crippen molar-refractivity contribution in [2.45, 2.75) is 39.5 Å². The zero-order chi connectivity index (χ0) is 15.5. The highest BCUT2D eigenvalue weighted by Gasteiger charge is 2.07. The Bertz CT molecular complexity index is 442. The number of rotatable bonds is 9. The van der Waals surface area contributed by atoms with Gasteiger partial charge >= 0.3 is 5.97 Å². The van der Waals surface area contributed by atoms with E-state index in [1.165, 1.54) is 0 Å². The molecule has 21 heavy (non-hydrogen) atoms. The fraction of sp³-hybridized carbons (Fsp3) is 0.500. The number of carbonyl (C=O) groups is 2. The van der Waals surface area contributed by atoms with Gasteiger partial charge in [0.05, 0.1) is 19.6 Å². The van der Waals surface area contributed by atoms with E-state index in [-0.39, 0.29) is 24.7 Å². The second-order valence-corrected chi connectivity index (χ2v) is 4.58. The third-order valence-electron chi connectivity index (χ3n) is 2.77. The van der Waals surface area contributed by atoms with Crippen molar-refractivity contribution in [1.29, 1.82) is 0 Å². The zero-order valence-corrected chi connectivity index (χ0v) is 12.7. The Labute approximate surface area is 125 Å². The van der Waals surface area contributed by atoms with E-state index in [9.17, 15) is 9.59 Å². The van der Waals surface area contributed by atoms with Gasteiger partial charge < -0.3 is 14.8 Å². The molecule has 0 heterocycles. The van der Waals surface area contributed by atoms with Crippen molar-refractivity contribution in [3.05, 3.63) is 24.3 Å². The van der Waals surface area contributed by atoms with Crippen LogP contribution in [0.3, 0.4) is 0 Å². The monoisotopic (exact) mass is 293 g/mol. The SMILES string of the molecule is CCCCOc1ccc(NC(=O)CCC(=O)OCC)cc1. The summed E-state index contributed by atoms with van der Waals surface area (Å²) in [6.45, 7) is 4.88. The number of anilines is 1. The highest BCUT2D eigenvalue weighted by molar-refractivity contribution is 5.92. The molecule has 5 nitrogen and oxygen atoms in total. The van der Waals surface area contributed by atoms with Gasteiger partial charge in [-0.05, 0) is 37.6 Å². The molecule has 1 amide bonds. The van der Waals surface area contributed by atoms with Gasteiger partial charge in [-0.2, -0.15) is 0 Å². The molecule has 0 aliphatic rings. The maximum atomic E-state index is 11.7. The molecule has 0 aromatic heterocycles. The van der Waals surface area contributed by atoms with Crippen molar-refractivity contribution in [2.24, 2.45) is 0 Å². The van der Waals surface area contributed by atoms with E-state index in [1.54, 1.807) is 19.1 Å². The Balaban J connectivity index is 2.34. The number of hydrogen-bond acceptors (Lipinski definition) is 4. The number of nitrogens with one attached hydrogen (secondary N) is 1. The number of esters is 1. The molecule has 0 bridgehead atoms. The fourth-order valence-electron chi connectivity index (χ4n) is 1.64. The van der Waals surface area contributed by atoms with E-state index in [0.717, 1.165) is 18.6 Å². The predicted octanol–water partition coefficient (Wildman–Crippen LogP) is 3.15. The first-order valence-corrected chi connectivity index (χ1v) is 7.34. The smallest absolute Gasteiger partial charge is 0.306 e. The van der Waals surface area contributed by atoms with Gasteiger partial charge in [0.25, 0.3) is 0 Å². The van der Waals surface area contributed by atoms with Crippen molar-refractivity contribution in [2.75, 3.05) is 18.5 Å². The third-order valence-corrected chi connectivity index (χ3v) is 2.77. The molecule has 0 fully saturated rings. The van der Waals surface area contributed by atoms with Crippen LogP contribution in [0.15, 0.2) is 24.3 Å². The van der Waals surface area contributed by atoms with Crippen LogP contribution in [0.1, 0.15) is 39.5 Å². The number of carbonyl (C=O) groups excluding carboxylic acids is 2. The molecule has 1 aromatic rings. The van der Waals surface area contributed by atoms with Gasteiger partial charge in [0, 0.05) is 12.1 Å². The summed E-state index contributed by atoms with van der Waals surface area (Å²) in [4.78, 5) is 22.8. The molecule has 0 unspecified atom stereocenters. The van der Waals surface area contributed by atoms with Gasteiger partial charge in [-0.25, -0.2) is 0 Å². The van der Waals surface area contributed by atoms with Gasteiger partial charge in [-0.15, -0.1) is 0 Å². The molecule has 5 heteroatoms. The second-order valence-electron chi connectivity index (χ2n) is 4.58. The Morgan fingerprint density at radius 1 is 1.10 bits per heavy atom. The average molecular weight is 293 g/mol. The Hall–Kier alpha value is -2.04. The molecule has 1 rings (SSSR count). The summed E-state index contributed by atoms with van der Waals surface area (Å²) in [5.41, 5.74) is 0.687. The molecule has 0 aliphatic heterocycles. The molecule has 0 atom stereocenters. The maximum absolute atomic E-state index is 11.7. The summed E-state index contributed by atoms with van der Waals surface area (Å²) in [6.07, 6.45) is 2.33. The van der Waals surface area contributed by atoms with Crippen LogP contribution < -0.4 is 10.1 Å². The van der Waals surface area contributed by atoms with E-state index in [1.807, 2.05) is 12.1 Å². The van der Waals surface area contributed by atoms with Crippen LogP contribution in [0.25, 0.3) is 0 Å². The van der Waals surface area contributed by atoms with Gasteiger partial charge in [0.15, 0.2) is 0 Å². The van der Waals surface area contributed by atoms with Crippen LogP contribution in [0, 0.1) is 0 Å². The minimum Gasteiger partial charge on any atom is -0.494 e. The molecule has 116 valence electrons. The van der Waals surface area contributed by atoms with Crippen molar-refractivity contribution >= 4 is 17.6 Å². The highest BCUT2D eigenvalue weighted by atomic mass is 16.5. The lowest BCUT2D eigenvalue weighted by molar-refractivity contribution is -0.144. The van der Waals surface area contributed by atoms with E-state index < -0.39 is 0 Å². The number of benzene rings is 1. The quantitative estimate of drug-likeness (QED) is 0.561. The third kappa shape index (κ3) is 7.34. The van der Waals surface area contributed by atoms with E-state index in [4.69, 9.17) is 9.47 Å². The first-order valence-electron chi connectivity index (χ1n) is 7.34. The summed E-state index contributed by atoms with van der Waals surface area (Å²) >= 11 is 0. The molecule has 0 spiro atoms. The lowest BCUT2D eigenvalue weighted by Crippen LogP contribution is -2.14. The van der Waals surface area contributed by atoms with Crippen molar-refractivity contribution in [3.8, 4) is 5.75 Å². The lowest BCUT2D eigenvalue weighted by Gasteiger charge is -2.08. The molecular weight excluding hydrogens is 270 g/mol. The number of amides is 1. The minimum atomic E-state index is -0.354. The van der Waals surface area contributed by atoms with Crippen LogP contribution in [0.4, 0.5) is 5.69 Å². The van der Waals surface area contributed by atoms with Crippen LogP contribution in [0.5, 0.6) is 5.75 Å². The highest BCUT2D eigenvalue weighted by Crippen LogP contribution is 2.16. The van der Waals surface area contributed by atoms with E-state index in [2.05, 4.69) is 12.2 Å². The van der Waals surface area contributed by atoms with Crippen molar-refractivity contribution in [1.82, 2.24) is 0 Å². The normalized spacial score (nSPS) is 10.0. The molecule has 0 aliphatic carbocycles. The Morgan fingerprint density at radius 3 is 2.43 bits per heavy atom. The molecule has 0 radical (unpaired) electrons. The molecular formula is C16H23NO4. The van der Waals surface area contributed by atoms with Crippen molar-refractivity contribution < 1.29 is 19.1 Å². The molecule has 0 saturated heterocycles. The van der Waals surface area contributed by atoms with Crippen LogP contribution in [-0.2, 0) is 14.3 Å². The first kappa shape index (κ1) is 17.0. The average Bonchev–Trinajstić information content (AvgIpc) is 2.48. The molecule has 1 N–H and O–H groups in total. The van der Waals surface area contributed by atoms with Crippen LogP contribution in [0.2, 0.25) is 0 Å². The lowest BCUT2D eigenvalue weighted by atomic mass is 10.2. The van der Waals surface area contributed by atoms with Gasteiger partial charge in [0.1, 0.15) is 5.75 Å². The number of ether oxygens (including phenoxy) is 2. The summed E-state index contributed by atoms with van der Waals surface area (Å²) in [6, 6.07) is 7.19. The van der Waals surface area contributed by atoms with Gasteiger partial charge in [-0.3, -0.25) is 9.59 Å². The topological polar surface area (TPSA) is 64.6 Å². The minimum absolute atomic E-state index is 0.0951. The van der Waals surface area contributed by atoms with Gasteiger partial charge in [0.2, 0.25) is 5.91 Å². The summed E-state index contributed by atoms with van der Waals surface area (Å²) in [7, 11) is 0. The molecule has 0 saturated carbocycles. The van der Waals surface area contributed by atoms with E-state index >= 15 is 0 Å². The first-order chi connectivity index (χ1) is 10.2. The number of hydrogen-bond donors (Lipinski definition) is 1. The summed E-state index contributed by atoms with van der Waals surface area (Å²) in [5, 5.41) is 2.73. The van der Waals surface area contributed by atoms with Gasteiger partial charge in [-0.1, -0.05) is 13.3 Å². The second kappa shape index (κ2) is 9.80. The molecule has 1 aromatic carbocycles. The maximum Gasteiger partial charge on any atom is 0.306 e. The fourth-order valence-corrected chi connectivity index (χ4v) is 1.64. The standard InChI is InChI=1S/C16H23NO4/c1-3-5-12-21-14-8-6-13(7-9-14)17-15(18)10-11-16(19)20-4-2/h6-9H,3-5,10-12H2,1-2H3,(H,17,18). The van der Waals surface area contributed by atoms with Crippen LogP contribution >= 0.6 is 0 Å². The summed E-state index contributed by atoms with van der Waals surface area (Å²) < 4.78 is 10.3. The Kier molecular flexibility index (Phi) is 7.94. The predicted molar refractivity (Wildman–Crippen MR) is 81.3 cm³/mol. The van der Waals surface area contributed by atoms with E-state index in [0.29, 0.717) is 18.9 Å². The number of unbranched alkanes of at least 4 members (excludes halogenated alkanes) is 1. The van der Waals surface area contributed by atoms with Crippen LogP contribution in [-0.4, -0.2) is 25.1 Å². The largest absolute Gasteiger partial charge is 0.494 e. The Morgan fingerprint density at radius 2 is 1.81 bits per heavy atom. The summed E-state index contributed by atoms with van der Waals surface area (Å²) in [5.74, 6) is 0.225. The van der Waals surface area contributed by atoms with Crippen molar-refractivity contribution in [3.63, 3.8) is 0 Å². The zero-order valence-electron chi connectivity index (χ0n) is 12.7.